The van der Waals surface area contributed by atoms with E-state index in [1.807, 2.05) is 25.1 Å². The van der Waals surface area contributed by atoms with Crippen LogP contribution in [-0.2, 0) is 4.79 Å². The Morgan fingerprint density at radius 2 is 2.21 bits per heavy atom. The van der Waals surface area contributed by atoms with Crippen LogP contribution >= 0.6 is 0 Å². The first-order chi connectivity index (χ1) is 9.15. The number of anilines is 2. The van der Waals surface area contributed by atoms with Gasteiger partial charge in [-0.15, -0.1) is 5.10 Å². The van der Waals surface area contributed by atoms with E-state index < -0.39 is 0 Å². The summed E-state index contributed by atoms with van der Waals surface area (Å²) in [6.45, 7) is 1.27. The van der Waals surface area contributed by atoms with Gasteiger partial charge in [0.25, 0.3) is 0 Å². The van der Waals surface area contributed by atoms with Gasteiger partial charge in [-0.2, -0.15) is 5.10 Å². The molecule has 1 heterocycles. The van der Waals surface area contributed by atoms with Crippen molar-refractivity contribution >= 4 is 17.4 Å². The molecule has 0 aliphatic heterocycles. The van der Waals surface area contributed by atoms with E-state index in [9.17, 15) is 4.79 Å². The van der Waals surface area contributed by atoms with Crippen molar-refractivity contribution < 1.29 is 4.79 Å². The molecule has 2 N–H and O–H groups in total. The van der Waals surface area contributed by atoms with Crippen molar-refractivity contribution in [1.82, 2.24) is 15.5 Å². The van der Waals surface area contributed by atoms with Crippen molar-refractivity contribution in [2.45, 2.75) is 19.3 Å². The maximum absolute atomic E-state index is 11.5. The van der Waals surface area contributed by atoms with Gasteiger partial charge in [0.1, 0.15) is 0 Å². The fourth-order valence-electron chi connectivity index (χ4n) is 1.74. The highest BCUT2D eigenvalue weighted by molar-refractivity contribution is 5.76. The number of nitrogens with zero attached hydrogens (tertiary/aromatic N) is 3. The number of amides is 1. The molecule has 104 valence electrons. The molecule has 0 bridgehead atoms. The Bertz CT molecular complexity index is 431. The van der Waals surface area contributed by atoms with E-state index in [0.717, 1.165) is 11.5 Å². The molecule has 1 aromatic rings. The first kappa shape index (κ1) is 13.6. The van der Waals surface area contributed by atoms with Crippen LogP contribution in [0.1, 0.15) is 19.3 Å². The van der Waals surface area contributed by atoms with Crippen LogP contribution in [0.3, 0.4) is 0 Å². The highest BCUT2D eigenvalue weighted by Gasteiger charge is 2.23. The third-order valence-corrected chi connectivity index (χ3v) is 3.08. The quantitative estimate of drug-likeness (QED) is 0.714. The van der Waals surface area contributed by atoms with E-state index in [4.69, 9.17) is 0 Å². The number of carbonyl (C=O) groups excluding carboxylic acids is 1. The Kier molecular flexibility index (Phi) is 4.54. The molecular weight excluding hydrogens is 242 g/mol. The number of nitrogens with one attached hydrogen (secondary N) is 2. The number of carbonyl (C=O) groups is 1. The van der Waals surface area contributed by atoms with Crippen molar-refractivity contribution in [3.63, 3.8) is 0 Å². The summed E-state index contributed by atoms with van der Waals surface area (Å²) in [5.74, 6) is 1.51. The third-order valence-electron chi connectivity index (χ3n) is 3.08. The number of hydrogen-bond acceptors (Lipinski definition) is 5. The summed E-state index contributed by atoms with van der Waals surface area (Å²) in [6.07, 6.45) is 4.80. The Morgan fingerprint density at radius 3 is 2.89 bits per heavy atom. The summed E-state index contributed by atoms with van der Waals surface area (Å²) in [5.41, 5.74) is 0.996. The first-order valence-electron chi connectivity index (χ1n) is 6.66. The Morgan fingerprint density at radius 1 is 1.42 bits per heavy atom. The van der Waals surface area contributed by atoms with Crippen molar-refractivity contribution in [3.05, 3.63) is 12.3 Å². The maximum Gasteiger partial charge on any atom is 0.220 e. The van der Waals surface area contributed by atoms with Crippen molar-refractivity contribution in [2.75, 3.05) is 37.4 Å². The van der Waals surface area contributed by atoms with Crippen LogP contribution in [0.2, 0.25) is 0 Å². The molecule has 1 aliphatic rings. The average molecular weight is 263 g/mol. The summed E-state index contributed by atoms with van der Waals surface area (Å²) in [5, 5.41) is 14.0. The van der Waals surface area contributed by atoms with Gasteiger partial charge in [-0.1, -0.05) is 0 Å². The number of aromatic nitrogens is 2. The zero-order chi connectivity index (χ0) is 13.7. The van der Waals surface area contributed by atoms with Gasteiger partial charge in [0.2, 0.25) is 5.91 Å². The highest BCUT2D eigenvalue weighted by Crippen LogP contribution is 2.31. The molecule has 1 aromatic heterocycles. The second kappa shape index (κ2) is 6.36. The van der Waals surface area contributed by atoms with E-state index in [1.54, 1.807) is 6.20 Å². The van der Waals surface area contributed by atoms with Crippen LogP contribution in [-0.4, -0.2) is 43.3 Å². The summed E-state index contributed by atoms with van der Waals surface area (Å²) in [6, 6.07) is 1.93. The molecule has 0 atom stereocenters. The summed E-state index contributed by atoms with van der Waals surface area (Å²) in [4.78, 5) is 13.4. The second-order valence-corrected chi connectivity index (χ2v) is 5.12. The van der Waals surface area contributed by atoms with Gasteiger partial charge in [0.15, 0.2) is 5.82 Å². The highest BCUT2D eigenvalue weighted by atomic mass is 16.1. The van der Waals surface area contributed by atoms with Gasteiger partial charge < -0.3 is 15.5 Å². The minimum absolute atomic E-state index is 0.150. The SMILES string of the molecule is CN(C)c1cnnc(NCCNC(=O)CC2CC2)c1. The fraction of sp³-hybridized carbons (Fsp3) is 0.615. The predicted octanol–water partition coefficient (Wildman–Crippen LogP) is 0.871. The summed E-state index contributed by atoms with van der Waals surface area (Å²) < 4.78 is 0. The largest absolute Gasteiger partial charge is 0.376 e. The Hall–Kier alpha value is -1.85. The van der Waals surface area contributed by atoms with Crippen LogP contribution in [0.4, 0.5) is 11.5 Å². The van der Waals surface area contributed by atoms with E-state index in [0.29, 0.717) is 25.4 Å². The van der Waals surface area contributed by atoms with Crippen LogP contribution < -0.4 is 15.5 Å². The minimum Gasteiger partial charge on any atom is -0.376 e. The zero-order valence-corrected chi connectivity index (χ0v) is 11.5. The van der Waals surface area contributed by atoms with Crippen LogP contribution in [0.5, 0.6) is 0 Å². The summed E-state index contributed by atoms with van der Waals surface area (Å²) in [7, 11) is 3.91. The monoisotopic (exact) mass is 263 g/mol. The lowest BCUT2D eigenvalue weighted by Crippen LogP contribution is -2.29. The second-order valence-electron chi connectivity index (χ2n) is 5.12. The Labute approximate surface area is 113 Å². The molecule has 0 spiro atoms. The molecule has 2 rings (SSSR count). The molecule has 0 aromatic carbocycles. The topological polar surface area (TPSA) is 70.2 Å². The summed E-state index contributed by atoms with van der Waals surface area (Å²) >= 11 is 0. The molecule has 0 unspecified atom stereocenters. The predicted molar refractivity (Wildman–Crippen MR) is 75.2 cm³/mol. The van der Waals surface area contributed by atoms with Gasteiger partial charge >= 0.3 is 0 Å². The molecule has 1 amide bonds. The van der Waals surface area contributed by atoms with Crippen LogP contribution in [0.25, 0.3) is 0 Å². The molecular formula is C13H21N5O. The molecule has 0 saturated heterocycles. The van der Waals surface area contributed by atoms with Gasteiger partial charge in [-0.05, 0) is 18.8 Å². The van der Waals surface area contributed by atoms with E-state index in [-0.39, 0.29) is 5.91 Å². The maximum atomic E-state index is 11.5. The van der Waals surface area contributed by atoms with Gasteiger partial charge in [0, 0.05) is 39.7 Å². The van der Waals surface area contributed by atoms with Crippen LogP contribution in [0, 0.1) is 5.92 Å². The van der Waals surface area contributed by atoms with Crippen molar-refractivity contribution in [3.8, 4) is 0 Å². The minimum atomic E-state index is 0.150. The third kappa shape index (κ3) is 4.73. The van der Waals surface area contributed by atoms with E-state index >= 15 is 0 Å². The van der Waals surface area contributed by atoms with Crippen LogP contribution in [0.15, 0.2) is 12.3 Å². The molecule has 1 aliphatic carbocycles. The Balaban J connectivity index is 1.67. The molecule has 1 fully saturated rings. The lowest BCUT2D eigenvalue weighted by atomic mass is 10.3. The van der Waals surface area contributed by atoms with E-state index in [2.05, 4.69) is 20.8 Å². The zero-order valence-electron chi connectivity index (χ0n) is 11.5. The lowest BCUT2D eigenvalue weighted by molar-refractivity contribution is -0.121. The number of rotatable bonds is 7. The fourth-order valence-corrected chi connectivity index (χ4v) is 1.74. The van der Waals surface area contributed by atoms with E-state index in [1.165, 1.54) is 12.8 Å². The normalized spacial score (nSPS) is 14.0. The van der Waals surface area contributed by atoms with Gasteiger partial charge in [-0.25, -0.2) is 0 Å². The standard InChI is InChI=1S/C13H21N5O/c1-18(2)11-8-12(17-16-9-11)14-5-6-15-13(19)7-10-3-4-10/h8-10H,3-7H2,1-2H3,(H,14,17)(H,15,19). The van der Waals surface area contributed by atoms with Crippen molar-refractivity contribution in [2.24, 2.45) is 5.92 Å². The number of hydrogen-bond donors (Lipinski definition) is 2. The molecule has 6 heteroatoms. The molecule has 0 radical (unpaired) electrons. The van der Waals surface area contributed by atoms with Crippen molar-refractivity contribution in [1.29, 1.82) is 0 Å². The lowest BCUT2D eigenvalue weighted by Gasteiger charge is -2.13. The molecule has 6 nitrogen and oxygen atoms in total. The van der Waals surface area contributed by atoms with Gasteiger partial charge in [0.05, 0.1) is 11.9 Å². The van der Waals surface area contributed by atoms with Gasteiger partial charge in [-0.3, -0.25) is 4.79 Å². The smallest absolute Gasteiger partial charge is 0.220 e. The first-order valence-corrected chi connectivity index (χ1v) is 6.66. The average Bonchev–Trinajstić information content (AvgIpc) is 3.19. The molecule has 19 heavy (non-hydrogen) atoms. The molecule has 1 saturated carbocycles.